The van der Waals surface area contributed by atoms with Crippen LogP contribution in [0.25, 0.3) is 10.9 Å². The van der Waals surface area contributed by atoms with Gasteiger partial charge < -0.3 is 19.9 Å². The number of carbonyl (C=O) groups excluding carboxylic acids is 2. The van der Waals surface area contributed by atoms with Crippen LogP contribution in [0.5, 0.6) is 0 Å². The van der Waals surface area contributed by atoms with Crippen LogP contribution in [0.4, 0.5) is 0 Å². The third kappa shape index (κ3) is 4.07. The van der Waals surface area contributed by atoms with Crippen LogP contribution < -0.4 is 5.32 Å². The number of para-hydroxylation sites is 1. The molecule has 2 amide bonds. The maximum Gasteiger partial charge on any atom is 0.270 e. The highest BCUT2D eigenvalue weighted by Crippen LogP contribution is 2.26. The first-order chi connectivity index (χ1) is 13.6. The number of ether oxygens (including phenoxy) is 1. The van der Waals surface area contributed by atoms with Gasteiger partial charge in [-0.2, -0.15) is 0 Å². The van der Waals surface area contributed by atoms with E-state index in [-0.39, 0.29) is 23.8 Å². The number of likely N-dealkylation sites (tertiary alicyclic amines) is 1. The lowest BCUT2D eigenvalue weighted by Crippen LogP contribution is -2.43. The van der Waals surface area contributed by atoms with Crippen molar-refractivity contribution in [2.75, 3.05) is 26.2 Å². The molecule has 2 N–H and O–H groups in total. The van der Waals surface area contributed by atoms with Gasteiger partial charge in [0.05, 0.1) is 6.10 Å². The van der Waals surface area contributed by atoms with Gasteiger partial charge in [0.2, 0.25) is 5.91 Å². The summed E-state index contributed by atoms with van der Waals surface area (Å²) in [6, 6.07) is 9.84. The quantitative estimate of drug-likeness (QED) is 0.834. The van der Waals surface area contributed by atoms with Crippen molar-refractivity contribution < 1.29 is 14.3 Å². The zero-order valence-electron chi connectivity index (χ0n) is 16.4. The zero-order chi connectivity index (χ0) is 19.5. The number of piperidine rings is 1. The molecule has 28 heavy (non-hydrogen) atoms. The van der Waals surface area contributed by atoms with Crippen LogP contribution in [0.1, 0.15) is 43.1 Å². The molecule has 6 nitrogen and oxygen atoms in total. The zero-order valence-corrected chi connectivity index (χ0v) is 16.4. The monoisotopic (exact) mass is 383 g/mol. The van der Waals surface area contributed by atoms with E-state index in [1.165, 1.54) is 0 Å². The van der Waals surface area contributed by atoms with Gasteiger partial charge in [-0.05, 0) is 43.7 Å². The van der Waals surface area contributed by atoms with E-state index in [2.05, 4.69) is 10.3 Å². The van der Waals surface area contributed by atoms with E-state index in [1.807, 2.05) is 42.2 Å². The number of rotatable bonds is 5. The van der Waals surface area contributed by atoms with Gasteiger partial charge in [0.15, 0.2) is 0 Å². The molecule has 2 aliphatic rings. The minimum atomic E-state index is -0.0354. The third-order valence-corrected chi connectivity index (χ3v) is 6.24. The molecule has 2 saturated heterocycles. The molecular formula is C22H29N3O3. The number of fused-ring (bicyclic) bond motifs is 1. The first-order valence-electron chi connectivity index (χ1n) is 10.4. The number of nitrogens with one attached hydrogen (secondary N) is 2. The maximum atomic E-state index is 12.8. The summed E-state index contributed by atoms with van der Waals surface area (Å²) in [4.78, 5) is 30.4. The van der Waals surface area contributed by atoms with Gasteiger partial charge in [0, 0.05) is 43.1 Å². The van der Waals surface area contributed by atoms with Crippen LogP contribution in [0.2, 0.25) is 0 Å². The molecule has 4 rings (SSSR count). The molecule has 6 heteroatoms. The largest absolute Gasteiger partial charge is 0.376 e. The lowest BCUT2D eigenvalue weighted by atomic mass is 9.84. The minimum Gasteiger partial charge on any atom is -0.376 e. The van der Waals surface area contributed by atoms with Crippen LogP contribution in [0, 0.1) is 11.8 Å². The number of amides is 2. The Balaban J connectivity index is 1.28. The Kier molecular flexibility index (Phi) is 5.67. The number of carbonyl (C=O) groups is 2. The fraction of sp³-hybridized carbons (Fsp3) is 0.545. The molecule has 0 unspecified atom stereocenters. The average molecular weight is 383 g/mol. The summed E-state index contributed by atoms with van der Waals surface area (Å²) in [6.07, 6.45) is 4.01. The van der Waals surface area contributed by atoms with Crippen molar-refractivity contribution in [3.63, 3.8) is 0 Å². The topological polar surface area (TPSA) is 74.4 Å². The number of aromatic nitrogens is 1. The molecule has 2 aromatic rings. The number of H-pyrrole nitrogens is 1. The van der Waals surface area contributed by atoms with Gasteiger partial charge >= 0.3 is 0 Å². The Bertz CT molecular complexity index is 799. The van der Waals surface area contributed by atoms with Gasteiger partial charge in [-0.3, -0.25) is 9.59 Å². The first kappa shape index (κ1) is 19.0. The van der Waals surface area contributed by atoms with E-state index in [0.29, 0.717) is 31.2 Å². The van der Waals surface area contributed by atoms with Crippen molar-refractivity contribution in [3.05, 3.63) is 36.0 Å². The van der Waals surface area contributed by atoms with Crippen LogP contribution >= 0.6 is 0 Å². The molecule has 1 aromatic carbocycles. The van der Waals surface area contributed by atoms with Gasteiger partial charge in [0.1, 0.15) is 5.69 Å². The predicted molar refractivity (Wildman–Crippen MR) is 108 cm³/mol. The second kappa shape index (κ2) is 8.35. The van der Waals surface area contributed by atoms with Crippen LogP contribution in [0.3, 0.4) is 0 Å². The molecular weight excluding hydrogens is 354 g/mol. The highest BCUT2D eigenvalue weighted by molar-refractivity contribution is 5.98. The third-order valence-electron chi connectivity index (χ3n) is 6.24. The molecule has 2 atom stereocenters. The summed E-state index contributed by atoms with van der Waals surface area (Å²) >= 11 is 0. The molecule has 0 saturated carbocycles. The molecule has 0 bridgehead atoms. The average Bonchev–Trinajstić information content (AvgIpc) is 3.40. The summed E-state index contributed by atoms with van der Waals surface area (Å²) in [6.45, 7) is 4.81. The highest BCUT2D eigenvalue weighted by Gasteiger charge is 2.31. The minimum absolute atomic E-state index is 0.0354. The standard InChI is InChI=1S/C22H29N3O3/c1-15(21(26)23-14-18-6-4-12-28-18)16-8-10-25(11-9-16)22(27)20-13-17-5-2-3-7-19(17)24-20/h2-3,5,7,13,15-16,18,24H,4,6,8-12,14H2,1H3,(H,23,26)/t15-,18-/m1/s1. The second-order valence-electron chi connectivity index (χ2n) is 8.07. The van der Waals surface area contributed by atoms with Gasteiger partial charge in [-0.25, -0.2) is 0 Å². The van der Waals surface area contributed by atoms with E-state index in [4.69, 9.17) is 4.74 Å². The molecule has 150 valence electrons. The number of benzene rings is 1. The van der Waals surface area contributed by atoms with Crippen LogP contribution in [-0.4, -0.2) is 54.0 Å². The lowest BCUT2D eigenvalue weighted by molar-refractivity contribution is -0.127. The van der Waals surface area contributed by atoms with Crippen molar-refractivity contribution in [1.29, 1.82) is 0 Å². The van der Waals surface area contributed by atoms with E-state index >= 15 is 0 Å². The van der Waals surface area contributed by atoms with Gasteiger partial charge in [-0.15, -0.1) is 0 Å². The molecule has 2 fully saturated rings. The fourth-order valence-electron chi connectivity index (χ4n) is 4.36. The van der Waals surface area contributed by atoms with Crippen molar-refractivity contribution in [3.8, 4) is 0 Å². The summed E-state index contributed by atoms with van der Waals surface area (Å²) in [5.74, 6) is 0.434. The molecule has 2 aliphatic heterocycles. The van der Waals surface area contributed by atoms with E-state index in [9.17, 15) is 9.59 Å². The van der Waals surface area contributed by atoms with E-state index in [0.717, 1.165) is 43.2 Å². The number of hydrogen-bond acceptors (Lipinski definition) is 3. The van der Waals surface area contributed by atoms with E-state index < -0.39 is 0 Å². The smallest absolute Gasteiger partial charge is 0.270 e. The molecule has 1 aromatic heterocycles. The van der Waals surface area contributed by atoms with Crippen molar-refractivity contribution in [2.45, 2.75) is 38.7 Å². The summed E-state index contributed by atoms with van der Waals surface area (Å²) in [7, 11) is 0. The summed E-state index contributed by atoms with van der Waals surface area (Å²) in [5.41, 5.74) is 1.62. The van der Waals surface area contributed by atoms with Crippen LogP contribution in [0.15, 0.2) is 30.3 Å². The van der Waals surface area contributed by atoms with Crippen molar-refractivity contribution in [1.82, 2.24) is 15.2 Å². The molecule has 0 spiro atoms. The number of nitrogens with zero attached hydrogens (tertiary/aromatic N) is 1. The Morgan fingerprint density at radius 3 is 2.75 bits per heavy atom. The number of hydrogen-bond donors (Lipinski definition) is 2. The summed E-state index contributed by atoms with van der Waals surface area (Å²) in [5, 5.41) is 4.10. The summed E-state index contributed by atoms with van der Waals surface area (Å²) < 4.78 is 5.57. The predicted octanol–water partition coefficient (Wildman–Crippen LogP) is 2.95. The Morgan fingerprint density at radius 2 is 2.04 bits per heavy atom. The Morgan fingerprint density at radius 1 is 1.25 bits per heavy atom. The molecule has 0 aliphatic carbocycles. The Labute approximate surface area is 165 Å². The maximum absolute atomic E-state index is 12.8. The Hall–Kier alpha value is -2.34. The molecule has 0 radical (unpaired) electrons. The number of aromatic amines is 1. The highest BCUT2D eigenvalue weighted by atomic mass is 16.5. The van der Waals surface area contributed by atoms with E-state index in [1.54, 1.807) is 0 Å². The van der Waals surface area contributed by atoms with Crippen LogP contribution in [-0.2, 0) is 9.53 Å². The SMILES string of the molecule is C[C@@H](C(=O)NC[C@H]1CCCO1)C1CCN(C(=O)c2cc3ccccc3[nH]2)CC1. The second-order valence-corrected chi connectivity index (χ2v) is 8.07. The van der Waals surface area contributed by atoms with Crippen molar-refractivity contribution in [2.24, 2.45) is 11.8 Å². The molecule has 3 heterocycles. The lowest BCUT2D eigenvalue weighted by Gasteiger charge is -2.34. The van der Waals surface area contributed by atoms with Crippen molar-refractivity contribution >= 4 is 22.7 Å². The normalized spacial score (nSPS) is 21.8. The van der Waals surface area contributed by atoms with Gasteiger partial charge in [0.25, 0.3) is 5.91 Å². The van der Waals surface area contributed by atoms with Gasteiger partial charge in [-0.1, -0.05) is 25.1 Å². The fourth-order valence-corrected chi connectivity index (χ4v) is 4.36. The first-order valence-corrected chi connectivity index (χ1v) is 10.4.